The number of halogens is 1. The highest BCUT2D eigenvalue weighted by molar-refractivity contribution is 8.01. The van der Waals surface area contributed by atoms with Crippen LogP contribution in [-0.4, -0.2) is 24.4 Å². The smallest absolute Gasteiger partial charge is 0.253 e. The minimum Gasteiger partial charge on any atom is -0.253 e. The van der Waals surface area contributed by atoms with Gasteiger partial charge in [-0.15, -0.1) is 10.2 Å². The molecule has 0 unspecified atom stereocenters. The molecule has 0 aliphatic carbocycles. The maximum Gasteiger partial charge on any atom is 0.263 e. The second-order valence-corrected chi connectivity index (χ2v) is 7.27. The number of nitriles is 1. The zero-order valence-electron chi connectivity index (χ0n) is 9.78. The van der Waals surface area contributed by atoms with E-state index in [1.165, 1.54) is 12.1 Å². The van der Waals surface area contributed by atoms with Gasteiger partial charge < -0.3 is 0 Å². The van der Waals surface area contributed by atoms with Crippen LogP contribution in [-0.2, 0) is 10.0 Å². The molecule has 2 aromatic rings. The van der Waals surface area contributed by atoms with Gasteiger partial charge in [-0.2, -0.15) is 5.26 Å². The van der Waals surface area contributed by atoms with Gasteiger partial charge in [0.05, 0.1) is 16.7 Å². The van der Waals surface area contributed by atoms with E-state index < -0.39 is 15.8 Å². The number of hydrogen-bond donors (Lipinski definition) is 1. The lowest BCUT2D eigenvalue weighted by Crippen LogP contribution is -2.12. The number of thioether (sulfide) groups is 1. The lowest BCUT2D eigenvalue weighted by Gasteiger charge is -2.04. The Bertz CT molecular complexity index is 754. The number of nitrogens with zero attached hydrogens (tertiary/aromatic N) is 3. The van der Waals surface area contributed by atoms with Crippen LogP contribution in [0, 0.1) is 17.1 Å². The number of aromatic nitrogens is 2. The Morgan fingerprint density at radius 3 is 2.95 bits per heavy atom. The van der Waals surface area contributed by atoms with E-state index in [-0.39, 0.29) is 15.8 Å². The van der Waals surface area contributed by atoms with Crippen molar-refractivity contribution in [3.05, 3.63) is 30.1 Å². The molecule has 0 saturated heterocycles. The van der Waals surface area contributed by atoms with Gasteiger partial charge in [-0.25, -0.2) is 12.8 Å². The largest absolute Gasteiger partial charge is 0.263 e. The van der Waals surface area contributed by atoms with E-state index in [1.807, 2.05) is 6.07 Å². The predicted molar refractivity (Wildman–Crippen MR) is 73.5 cm³/mol. The van der Waals surface area contributed by atoms with Gasteiger partial charge in [0.2, 0.25) is 5.13 Å². The van der Waals surface area contributed by atoms with Crippen LogP contribution < -0.4 is 4.72 Å². The first-order chi connectivity index (χ1) is 9.51. The van der Waals surface area contributed by atoms with Crippen LogP contribution in [0.5, 0.6) is 0 Å². The number of sulfonamides is 1. The molecule has 104 valence electrons. The summed E-state index contributed by atoms with van der Waals surface area (Å²) in [6, 6.07) is 6.57. The molecular weight excluding hydrogens is 323 g/mol. The van der Waals surface area contributed by atoms with Gasteiger partial charge in [-0.1, -0.05) is 29.2 Å². The van der Waals surface area contributed by atoms with Gasteiger partial charge in [-0.3, -0.25) is 4.72 Å². The van der Waals surface area contributed by atoms with Crippen molar-refractivity contribution >= 4 is 38.3 Å². The SMILES string of the molecule is N#CCSc1nnc(NS(=O)(=O)c2cccc(F)c2)s1. The van der Waals surface area contributed by atoms with Crippen molar-refractivity contribution in [2.45, 2.75) is 9.24 Å². The van der Waals surface area contributed by atoms with E-state index in [0.717, 1.165) is 35.2 Å². The summed E-state index contributed by atoms with van der Waals surface area (Å²) < 4.78 is 39.7. The molecule has 0 aliphatic heterocycles. The van der Waals surface area contributed by atoms with Crippen molar-refractivity contribution in [3.63, 3.8) is 0 Å². The number of rotatable bonds is 5. The Morgan fingerprint density at radius 1 is 1.45 bits per heavy atom. The zero-order chi connectivity index (χ0) is 14.6. The fraction of sp³-hybridized carbons (Fsp3) is 0.100. The van der Waals surface area contributed by atoms with Gasteiger partial charge >= 0.3 is 0 Å². The summed E-state index contributed by atoms with van der Waals surface area (Å²) in [5.74, 6) is -0.443. The Kier molecular flexibility index (Phi) is 4.53. The summed E-state index contributed by atoms with van der Waals surface area (Å²) in [6.45, 7) is 0. The van der Waals surface area contributed by atoms with Crippen molar-refractivity contribution < 1.29 is 12.8 Å². The Labute approximate surface area is 122 Å². The third kappa shape index (κ3) is 3.66. The standard InChI is InChI=1S/C10H7FN4O2S3/c11-7-2-1-3-8(6-7)20(16,17)15-9-13-14-10(19-9)18-5-4-12/h1-3,6H,5H2,(H,13,15). The van der Waals surface area contributed by atoms with E-state index in [2.05, 4.69) is 14.9 Å². The maximum absolute atomic E-state index is 13.0. The highest BCUT2D eigenvalue weighted by Crippen LogP contribution is 2.26. The Balaban J connectivity index is 2.16. The summed E-state index contributed by atoms with van der Waals surface area (Å²) in [6.07, 6.45) is 0. The summed E-state index contributed by atoms with van der Waals surface area (Å²) in [7, 11) is -3.90. The molecule has 1 aromatic carbocycles. The summed E-state index contributed by atoms with van der Waals surface area (Å²) in [4.78, 5) is -0.195. The summed E-state index contributed by atoms with van der Waals surface area (Å²) in [5, 5.41) is 15.9. The maximum atomic E-state index is 13.0. The average molecular weight is 330 g/mol. The molecule has 6 nitrogen and oxygen atoms in total. The van der Waals surface area contributed by atoms with Gasteiger partial charge in [0.25, 0.3) is 10.0 Å². The molecular formula is C10H7FN4O2S3. The molecule has 0 spiro atoms. The van der Waals surface area contributed by atoms with Crippen LogP contribution in [0.4, 0.5) is 9.52 Å². The topological polar surface area (TPSA) is 95.7 Å². The molecule has 0 bridgehead atoms. The van der Waals surface area contributed by atoms with E-state index >= 15 is 0 Å². The van der Waals surface area contributed by atoms with Crippen LogP contribution in [0.1, 0.15) is 0 Å². The van der Waals surface area contributed by atoms with E-state index in [9.17, 15) is 12.8 Å². The number of anilines is 1. The molecule has 0 saturated carbocycles. The molecule has 1 heterocycles. The molecule has 0 amide bonds. The number of benzene rings is 1. The van der Waals surface area contributed by atoms with Crippen molar-refractivity contribution in [3.8, 4) is 6.07 Å². The fourth-order valence-corrected chi connectivity index (χ4v) is 3.89. The third-order valence-corrected chi connectivity index (χ3v) is 5.30. The van der Waals surface area contributed by atoms with Crippen LogP contribution in [0.2, 0.25) is 0 Å². The third-order valence-electron chi connectivity index (χ3n) is 1.99. The Hall–Kier alpha value is -1.70. The van der Waals surface area contributed by atoms with Crippen molar-refractivity contribution in [2.24, 2.45) is 0 Å². The molecule has 1 N–H and O–H groups in total. The second kappa shape index (κ2) is 6.17. The van der Waals surface area contributed by atoms with E-state index in [4.69, 9.17) is 5.26 Å². The van der Waals surface area contributed by atoms with Gasteiger partial charge in [-0.05, 0) is 18.2 Å². The first-order valence-corrected chi connectivity index (χ1v) is 8.41. The molecule has 10 heteroatoms. The van der Waals surface area contributed by atoms with Crippen molar-refractivity contribution in [1.29, 1.82) is 5.26 Å². The molecule has 0 atom stereocenters. The lowest BCUT2D eigenvalue weighted by molar-refractivity contribution is 0.595. The number of nitrogens with one attached hydrogen (secondary N) is 1. The van der Waals surface area contributed by atoms with Gasteiger partial charge in [0.15, 0.2) is 4.34 Å². The highest BCUT2D eigenvalue weighted by atomic mass is 32.2. The normalized spacial score (nSPS) is 11.0. The quantitative estimate of drug-likeness (QED) is 0.843. The summed E-state index contributed by atoms with van der Waals surface area (Å²) in [5.41, 5.74) is 0. The van der Waals surface area contributed by atoms with Gasteiger partial charge in [0.1, 0.15) is 5.82 Å². The van der Waals surface area contributed by atoms with Crippen LogP contribution in [0.15, 0.2) is 33.5 Å². The van der Waals surface area contributed by atoms with Crippen LogP contribution in [0.25, 0.3) is 0 Å². The lowest BCUT2D eigenvalue weighted by atomic mass is 10.4. The van der Waals surface area contributed by atoms with Crippen molar-refractivity contribution in [2.75, 3.05) is 10.5 Å². The minimum absolute atomic E-state index is 0.0645. The summed E-state index contributed by atoms with van der Waals surface area (Å²) >= 11 is 2.16. The molecule has 0 radical (unpaired) electrons. The molecule has 2 rings (SSSR count). The first-order valence-electron chi connectivity index (χ1n) is 5.13. The molecule has 0 fully saturated rings. The van der Waals surface area contributed by atoms with E-state index in [1.54, 1.807) is 0 Å². The molecule has 0 aliphatic rings. The molecule has 20 heavy (non-hydrogen) atoms. The second-order valence-electron chi connectivity index (χ2n) is 3.38. The average Bonchev–Trinajstić information content (AvgIpc) is 2.83. The van der Waals surface area contributed by atoms with E-state index in [0.29, 0.717) is 4.34 Å². The highest BCUT2D eigenvalue weighted by Gasteiger charge is 2.17. The minimum atomic E-state index is -3.90. The zero-order valence-corrected chi connectivity index (χ0v) is 12.2. The fourth-order valence-electron chi connectivity index (χ4n) is 1.21. The molecule has 1 aromatic heterocycles. The first kappa shape index (κ1) is 14.7. The van der Waals surface area contributed by atoms with Crippen molar-refractivity contribution in [1.82, 2.24) is 10.2 Å². The van der Waals surface area contributed by atoms with Gasteiger partial charge in [0, 0.05) is 0 Å². The Morgan fingerprint density at radius 2 is 2.25 bits per heavy atom. The number of hydrogen-bond acceptors (Lipinski definition) is 7. The predicted octanol–water partition coefficient (Wildman–Crippen LogP) is 2.09. The monoisotopic (exact) mass is 330 g/mol. The van der Waals surface area contributed by atoms with Crippen LogP contribution in [0.3, 0.4) is 0 Å². The van der Waals surface area contributed by atoms with Crippen LogP contribution >= 0.6 is 23.1 Å².